The topological polar surface area (TPSA) is 55.1 Å². The molecule has 1 aromatic carbocycles. The first kappa shape index (κ1) is 12.0. The summed E-state index contributed by atoms with van der Waals surface area (Å²) in [6, 6.07) is 11.0. The van der Waals surface area contributed by atoms with Crippen molar-refractivity contribution in [3.05, 3.63) is 51.2 Å². The quantitative estimate of drug-likeness (QED) is 0.893. The van der Waals surface area contributed by atoms with Gasteiger partial charge in [0.1, 0.15) is 0 Å². The summed E-state index contributed by atoms with van der Waals surface area (Å²) in [5.74, 6) is -0.433. The van der Waals surface area contributed by atoms with E-state index in [1.165, 1.54) is 11.3 Å². The van der Waals surface area contributed by atoms with Crippen LogP contribution in [-0.4, -0.2) is 5.91 Å². The number of hydrogen-bond donors (Lipinski definition) is 2. The van der Waals surface area contributed by atoms with Crippen LogP contribution in [0.5, 0.6) is 0 Å². The van der Waals surface area contributed by atoms with Crippen molar-refractivity contribution in [3.8, 4) is 0 Å². The summed E-state index contributed by atoms with van der Waals surface area (Å²) in [5, 5.41) is 3.18. The number of benzene rings is 1. The zero-order chi connectivity index (χ0) is 12.3. The van der Waals surface area contributed by atoms with Gasteiger partial charge in [0.15, 0.2) is 0 Å². The van der Waals surface area contributed by atoms with Gasteiger partial charge in [-0.1, -0.05) is 23.7 Å². The summed E-state index contributed by atoms with van der Waals surface area (Å²) in [6.45, 7) is 0.627. The Labute approximate surface area is 108 Å². The van der Waals surface area contributed by atoms with E-state index >= 15 is 0 Å². The van der Waals surface area contributed by atoms with Crippen molar-refractivity contribution in [3.63, 3.8) is 0 Å². The first-order valence-electron chi connectivity index (χ1n) is 5.04. The van der Waals surface area contributed by atoms with E-state index in [1.54, 1.807) is 12.1 Å². The Morgan fingerprint density at radius 1 is 1.29 bits per heavy atom. The van der Waals surface area contributed by atoms with Crippen LogP contribution in [0.4, 0.5) is 5.69 Å². The van der Waals surface area contributed by atoms with Crippen LogP contribution >= 0.6 is 22.9 Å². The average molecular weight is 267 g/mol. The fraction of sp³-hybridized carbons (Fsp3) is 0.0833. The molecule has 1 heterocycles. The maximum absolute atomic E-state index is 11.2. The van der Waals surface area contributed by atoms with Gasteiger partial charge in [0, 0.05) is 17.1 Å². The minimum absolute atomic E-state index is 0.433. The number of amides is 1. The van der Waals surface area contributed by atoms with Crippen LogP contribution in [0.25, 0.3) is 0 Å². The third-order valence-electron chi connectivity index (χ3n) is 2.27. The van der Waals surface area contributed by atoms with Crippen LogP contribution in [0.2, 0.25) is 4.34 Å². The fourth-order valence-electron chi connectivity index (χ4n) is 1.48. The number of halogens is 1. The van der Waals surface area contributed by atoms with Gasteiger partial charge in [0.05, 0.1) is 9.90 Å². The molecule has 5 heteroatoms. The van der Waals surface area contributed by atoms with E-state index in [1.807, 2.05) is 24.3 Å². The smallest absolute Gasteiger partial charge is 0.250 e. The van der Waals surface area contributed by atoms with Gasteiger partial charge in [0.2, 0.25) is 0 Å². The van der Waals surface area contributed by atoms with E-state index in [2.05, 4.69) is 5.32 Å². The van der Waals surface area contributed by atoms with Crippen molar-refractivity contribution < 1.29 is 4.79 Å². The molecule has 0 atom stereocenters. The summed E-state index contributed by atoms with van der Waals surface area (Å²) in [6.07, 6.45) is 0. The molecule has 2 rings (SSSR count). The van der Waals surface area contributed by atoms with E-state index < -0.39 is 5.91 Å². The predicted octanol–water partition coefficient (Wildman–Crippen LogP) is 3.11. The number of carbonyl (C=O) groups is 1. The molecule has 0 spiro atoms. The number of nitrogens with one attached hydrogen (secondary N) is 1. The van der Waals surface area contributed by atoms with Crippen molar-refractivity contribution in [1.29, 1.82) is 0 Å². The number of thiophene rings is 1. The molecular formula is C12H11ClN2OS. The van der Waals surface area contributed by atoms with Gasteiger partial charge in [-0.15, -0.1) is 11.3 Å². The van der Waals surface area contributed by atoms with Crippen molar-refractivity contribution in [2.45, 2.75) is 6.54 Å². The van der Waals surface area contributed by atoms with Gasteiger partial charge in [-0.3, -0.25) is 4.79 Å². The molecule has 0 aliphatic rings. The molecule has 2 aromatic rings. The summed E-state index contributed by atoms with van der Waals surface area (Å²) in [4.78, 5) is 12.3. The number of rotatable bonds is 4. The predicted molar refractivity (Wildman–Crippen MR) is 71.6 cm³/mol. The van der Waals surface area contributed by atoms with E-state index in [0.717, 1.165) is 14.9 Å². The highest BCUT2D eigenvalue weighted by atomic mass is 35.5. The Morgan fingerprint density at radius 2 is 2.06 bits per heavy atom. The number of para-hydroxylation sites is 1. The van der Waals surface area contributed by atoms with Crippen molar-refractivity contribution in [1.82, 2.24) is 0 Å². The molecule has 0 fully saturated rings. The van der Waals surface area contributed by atoms with Crippen molar-refractivity contribution in [2.24, 2.45) is 5.73 Å². The van der Waals surface area contributed by atoms with Crippen LogP contribution in [-0.2, 0) is 6.54 Å². The SMILES string of the molecule is NC(=O)c1ccccc1NCc1ccc(Cl)s1. The third kappa shape index (κ3) is 2.99. The first-order chi connectivity index (χ1) is 8.16. The number of nitrogens with two attached hydrogens (primary N) is 1. The van der Waals surface area contributed by atoms with E-state index in [9.17, 15) is 4.79 Å². The van der Waals surface area contributed by atoms with Gasteiger partial charge in [-0.05, 0) is 24.3 Å². The van der Waals surface area contributed by atoms with Gasteiger partial charge in [0.25, 0.3) is 5.91 Å². The molecule has 0 bridgehead atoms. The molecule has 0 radical (unpaired) electrons. The second-order valence-corrected chi connectivity index (χ2v) is 5.27. The lowest BCUT2D eigenvalue weighted by molar-refractivity contribution is 0.100. The Kier molecular flexibility index (Phi) is 3.66. The van der Waals surface area contributed by atoms with Crippen molar-refractivity contribution in [2.75, 3.05) is 5.32 Å². The van der Waals surface area contributed by atoms with Gasteiger partial charge in [-0.2, -0.15) is 0 Å². The lowest BCUT2D eigenvalue weighted by atomic mass is 10.1. The second-order valence-electron chi connectivity index (χ2n) is 3.47. The first-order valence-corrected chi connectivity index (χ1v) is 6.23. The third-order valence-corrected chi connectivity index (χ3v) is 3.51. The van der Waals surface area contributed by atoms with Crippen LogP contribution in [0.1, 0.15) is 15.2 Å². The van der Waals surface area contributed by atoms with Crippen molar-refractivity contribution >= 4 is 34.5 Å². The molecule has 0 aliphatic heterocycles. The Bertz CT molecular complexity index is 539. The highest BCUT2D eigenvalue weighted by Crippen LogP contribution is 2.23. The van der Waals surface area contributed by atoms with Crippen LogP contribution in [0, 0.1) is 0 Å². The molecule has 88 valence electrons. The summed E-state index contributed by atoms with van der Waals surface area (Å²) in [5.41, 5.74) is 6.53. The van der Waals surface area contributed by atoms with E-state index in [0.29, 0.717) is 12.1 Å². The number of carbonyl (C=O) groups excluding carboxylic acids is 1. The number of primary amides is 1. The number of hydrogen-bond acceptors (Lipinski definition) is 3. The molecule has 0 unspecified atom stereocenters. The zero-order valence-corrected chi connectivity index (χ0v) is 10.5. The van der Waals surface area contributed by atoms with Gasteiger partial charge in [-0.25, -0.2) is 0 Å². The zero-order valence-electron chi connectivity index (χ0n) is 8.94. The summed E-state index contributed by atoms with van der Waals surface area (Å²) in [7, 11) is 0. The molecular weight excluding hydrogens is 256 g/mol. The Hall–Kier alpha value is -1.52. The average Bonchev–Trinajstić information content (AvgIpc) is 2.73. The summed E-state index contributed by atoms with van der Waals surface area (Å²) < 4.78 is 0.755. The van der Waals surface area contributed by atoms with Crippen LogP contribution in [0.15, 0.2) is 36.4 Å². The molecule has 3 N–H and O–H groups in total. The number of anilines is 1. The molecule has 0 saturated carbocycles. The molecule has 3 nitrogen and oxygen atoms in total. The summed E-state index contributed by atoms with van der Waals surface area (Å²) >= 11 is 7.35. The van der Waals surface area contributed by atoms with E-state index in [-0.39, 0.29) is 0 Å². The lowest BCUT2D eigenvalue weighted by Gasteiger charge is -2.08. The fourth-order valence-corrected chi connectivity index (χ4v) is 2.51. The molecule has 0 aliphatic carbocycles. The molecule has 0 saturated heterocycles. The van der Waals surface area contributed by atoms with E-state index in [4.69, 9.17) is 17.3 Å². The molecule has 1 amide bonds. The minimum Gasteiger partial charge on any atom is -0.380 e. The maximum atomic E-state index is 11.2. The minimum atomic E-state index is -0.433. The normalized spacial score (nSPS) is 10.2. The highest BCUT2D eigenvalue weighted by Gasteiger charge is 2.06. The van der Waals surface area contributed by atoms with Gasteiger partial charge >= 0.3 is 0 Å². The molecule has 1 aromatic heterocycles. The Balaban J connectivity index is 2.11. The van der Waals surface area contributed by atoms with Crippen LogP contribution in [0.3, 0.4) is 0 Å². The Morgan fingerprint density at radius 3 is 2.71 bits per heavy atom. The monoisotopic (exact) mass is 266 g/mol. The highest BCUT2D eigenvalue weighted by molar-refractivity contribution is 7.16. The standard InChI is InChI=1S/C12H11ClN2OS/c13-11-6-5-8(17-11)7-15-10-4-2-1-3-9(10)12(14)16/h1-6,15H,7H2,(H2,14,16). The largest absolute Gasteiger partial charge is 0.380 e. The second kappa shape index (κ2) is 5.21. The lowest BCUT2D eigenvalue weighted by Crippen LogP contribution is -2.14. The van der Waals surface area contributed by atoms with Crippen LogP contribution < -0.4 is 11.1 Å². The molecule has 17 heavy (non-hydrogen) atoms. The maximum Gasteiger partial charge on any atom is 0.250 e. The van der Waals surface area contributed by atoms with Gasteiger partial charge < -0.3 is 11.1 Å².